The van der Waals surface area contributed by atoms with Gasteiger partial charge in [0.25, 0.3) is 5.91 Å². The van der Waals surface area contributed by atoms with Gasteiger partial charge in [0, 0.05) is 42.2 Å². The molecule has 242 valence electrons. The number of amides is 3. The van der Waals surface area contributed by atoms with Crippen LogP contribution in [0.25, 0.3) is 0 Å². The first kappa shape index (κ1) is 31.9. The molecule has 3 saturated heterocycles. The summed E-state index contributed by atoms with van der Waals surface area (Å²) in [4.78, 5) is 57.9. The number of hydrogen-bond acceptors (Lipinski definition) is 6. The molecule has 0 aromatic heterocycles. The smallest absolute Gasteiger partial charge is 0.264 e. The Morgan fingerprint density at radius 1 is 1.00 bits per heavy atom. The number of aliphatic hydroxyl groups excluding tert-OH is 1. The van der Waals surface area contributed by atoms with Crippen LogP contribution < -0.4 is 9.80 Å². The highest BCUT2D eigenvalue weighted by atomic mass is 28.4. The first-order valence-electron chi connectivity index (χ1n) is 16.7. The van der Waals surface area contributed by atoms with Crippen molar-refractivity contribution in [3.05, 3.63) is 59.7 Å². The molecular formula is C35H47N3O6Si. The van der Waals surface area contributed by atoms with Crippen LogP contribution in [-0.2, 0) is 31.3 Å². The lowest BCUT2D eigenvalue weighted by molar-refractivity contribution is -0.150. The molecule has 45 heavy (non-hydrogen) atoms. The number of anilines is 2. The summed E-state index contributed by atoms with van der Waals surface area (Å²) in [6, 6.07) is 15.4. The van der Waals surface area contributed by atoms with Crippen molar-refractivity contribution < 1.29 is 29.0 Å². The summed E-state index contributed by atoms with van der Waals surface area (Å²) in [6.45, 7) is 7.30. The molecule has 0 unspecified atom stereocenters. The zero-order chi connectivity index (χ0) is 31.9. The lowest BCUT2D eigenvalue weighted by Gasteiger charge is -2.32. The minimum absolute atomic E-state index is 0.0658. The highest BCUT2D eigenvalue weighted by Gasteiger charge is 2.66. The maximum Gasteiger partial charge on any atom is 0.264 e. The lowest BCUT2D eigenvalue weighted by Crippen LogP contribution is -2.46. The van der Waals surface area contributed by atoms with Crippen molar-refractivity contribution in [2.24, 2.45) is 5.92 Å². The molecule has 1 spiro atoms. The Kier molecular flexibility index (Phi) is 8.95. The first-order chi connectivity index (χ1) is 21.6. The quantitative estimate of drug-likeness (QED) is 0.428. The summed E-state index contributed by atoms with van der Waals surface area (Å²) in [5.74, 6) is -0.464. The molecule has 10 heteroatoms. The zero-order valence-corrected chi connectivity index (χ0v) is 27.8. The third-order valence-corrected chi connectivity index (χ3v) is 13.1. The number of nitrogens with zero attached hydrogens (tertiary/aromatic N) is 3. The van der Waals surface area contributed by atoms with Crippen LogP contribution >= 0.6 is 0 Å². The molecule has 2 aromatic rings. The second kappa shape index (κ2) is 12.6. The zero-order valence-electron chi connectivity index (χ0n) is 26.8. The van der Waals surface area contributed by atoms with Gasteiger partial charge in [0.05, 0.1) is 37.4 Å². The van der Waals surface area contributed by atoms with Gasteiger partial charge in [0.2, 0.25) is 11.8 Å². The van der Waals surface area contributed by atoms with E-state index in [4.69, 9.17) is 4.74 Å². The molecule has 4 heterocycles. The van der Waals surface area contributed by atoms with E-state index in [0.29, 0.717) is 19.5 Å². The van der Waals surface area contributed by atoms with E-state index in [1.54, 1.807) is 9.80 Å². The Bertz CT molecular complexity index is 1430. The van der Waals surface area contributed by atoms with Gasteiger partial charge >= 0.3 is 0 Å². The molecule has 4 aliphatic rings. The number of carbonyl (C=O) groups is 3. The maximum absolute atomic E-state index is 14.6. The van der Waals surface area contributed by atoms with Crippen molar-refractivity contribution in [2.45, 2.75) is 101 Å². The van der Waals surface area contributed by atoms with Crippen LogP contribution in [0.3, 0.4) is 0 Å². The fourth-order valence-corrected chi connectivity index (χ4v) is 11.0. The van der Waals surface area contributed by atoms with Gasteiger partial charge in [-0.05, 0) is 62.5 Å². The van der Waals surface area contributed by atoms with Crippen molar-refractivity contribution in [1.29, 1.82) is 0 Å². The Hall–Kier alpha value is -3.05. The van der Waals surface area contributed by atoms with E-state index >= 15 is 0 Å². The molecule has 5 atom stereocenters. The molecule has 2 aromatic carbocycles. The second-order valence-electron chi connectivity index (χ2n) is 13.9. The summed E-state index contributed by atoms with van der Waals surface area (Å²) in [5, 5.41) is 9.82. The summed E-state index contributed by atoms with van der Waals surface area (Å²) in [5.41, 5.74) is 1.72. The highest BCUT2D eigenvalue weighted by molar-refractivity contribution is 6.71. The topological polar surface area (TPSA) is 111 Å². The van der Waals surface area contributed by atoms with Crippen molar-refractivity contribution in [3.63, 3.8) is 0 Å². The molecule has 4 aliphatic heterocycles. The normalized spacial score (nSPS) is 29.0. The standard InChI is InChI=1S/C35H47N3O6Si/c1-24-33(45(2,3)43)30(21-32(41)37-20-10-11-27(37)23-39)44-35(24)28-12-7-8-13-29(28)38(34(35)42)22-25-15-17-26(18-16-25)36-19-9-5-4-6-14-31(36)40/h7-8,12-13,15-18,24,27,30,33,39,43H,4-6,9-11,14,19-23H2,1-3H3/t24-,27+,30+,33-,35+/m1/s1. The van der Waals surface area contributed by atoms with E-state index < -0.39 is 20.0 Å². The Morgan fingerprint density at radius 2 is 1.73 bits per heavy atom. The summed E-state index contributed by atoms with van der Waals surface area (Å²) in [7, 11) is -2.91. The van der Waals surface area contributed by atoms with E-state index in [-0.39, 0.29) is 48.3 Å². The van der Waals surface area contributed by atoms with Gasteiger partial charge in [-0.25, -0.2) is 0 Å². The van der Waals surface area contributed by atoms with Gasteiger partial charge < -0.3 is 29.3 Å². The van der Waals surface area contributed by atoms with Gasteiger partial charge in [-0.1, -0.05) is 50.1 Å². The van der Waals surface area contributed by atoms with Gasteiger partial charge in [0.1, 0.15) is 0 Å². The predicted octanol–water partition coefficient (Wildman–Crippen LogP) is 4.70. The average molecular weight is 634 g/mol. The number of aliphatic hydroxyl groups is 1. The van der Waals surface area contributed by atoms with Crippen molar-refractivity contribution in [1.82, 2.24) is 4.90 Å². The van der Waals surface area contributed by atoms with Crippen molar-refractivity contribution >= 4 is 37.4 Å². The fraction of sp³-hybridized carbons (Fsp3) is 0.571. The number of rotatable bonds is 7. The van der Waals surface area contributed by atoms with Crippen molar-refractivity contribution in [3.8, 4) is 0 Å². The van der Waals surface area contributed by atoms with Gasteiger partial charge in [0.15, 0.2) is 13.9 Å². The molecule has 2 N–H and O–H groups in total. The van der Waals surface area contributed by atoms with Crippen LogP contribution in [0.5, 0.6) is 0 Å². The van der Waals surface area contributed by atoms with Crippen LogP contribution in [0.4, 0.5) is 11.4 Å². The van der Waals surface area contributed by atoms with E-state index in [1.807, 2.05) is 73.4 Å². The number of carbonyl (C=O) groups excluding carboxylic acids is 3. The third kappa shape index (κ3) is 5.75. The Labute approximate surface area is 267 Å². The number of ether oxygens (including phenoxy) is 1. The molecule has 0 saturated carbocycles. The minimum atomic E-state index is -2.91. The Morgan fingerprint density at radius 3 is 2.47 bits per heavy atom. The largest absolute Gasteiger partial charge is 0.432 e. The fourth-order valence-electron chi connectivity index (χ4n) is 8.43. The SMILES string of the molecule is C[C@@H]1[C@@H]([Si](C)(C)O)[C@H](CC(=O)N2CCC[C@H]2CO)O[C@@]12C(=O)N(Cc1ccc(N3CCCCCCC3=O)cc1)c1ccccc12. The molecule has 3 fully saturated rings. The van der Waals surface area contributed by atoms with Crippen LogP contribution in [0.2, 0.25) is 18.6 Å². The number of para-hydroxylation sites is 1. The summed E-state index contributed by atoms with van der Waals surface area (Å²) < 4.78 is 6.83. The summed E-state index contributed by atoms with van der Waals surface area (Å²) in [6.07, 6.45) is 5.80. The molecular weight excluding hydrogens is 586 g/mol. The maximum atomic E-state index is 14.6. The number of fused-ring (bicyclic) bond motifs is 2. The number of benzene rings is 2. The van der Waals surface area contributed by atoms with Crippen molar-refractivity contribution in [2.75, 3.05) is 29.5 Å². The first-order valence-corrected chi connectivity index (χ1v) is 19.7. The molecule has 3 amide bonds. The van der Waals surface area contributed by atoms with E-state index in [0.717, 1.165) is 67.6 Å². The highest BCUT2D eigenvalue weighted by Crippen LogP contribution is 2.59. The third-order valence-electron chi connectivity index (χ3n) is 10.6. The van der Waals surface area contributed by atoms with Gasteiger partial charge in [-0.3, -0.25) is 14.4 Å². The monoisotopic (exact) mass is 633 g/mol. The van der Waals surface area contributed by atoms with Gasteiger partial charge in [-0.15, -0.1) is 0 Å². The predicted molar refractivity (Wildman–Crippen MR) is 175 cm³/mol. The lowest BCUT2D eigenvalue weighted by atomic mass is 9.82. The van der Waals surface area contributed by atoms with Crippen LogP contribution in [0.15, 0.2) is 48.5 Å². The minimum Gasteiger partial charge on any atom is -0.432 e. The number of hydrogen-bond donors (Lipinski definition) is 2. The Balaban J connectivity index is 1.27. The molecule has 9 nitrogen and oxygen atoms in total. The van der Waals surface area contributed by atoms with Crippen LogP contribution in [0.1, 0.15) is 69.4 Å². The number of likely N-dealkylation sites (tertiary alicyclic amines) is 1. The van der Waals surface area contributed by atoms with Gasteiger partial charge in [-0.2, -0.15) is 0 Å². The summed E-state index contributed by atoms with van der Waals surface area (Å²) >= 11 is 0. The van der Waals surface area contributed by atoms with E-state index in [2.05, 4.69) is 0 Å². The molecule has 0 bridgehead atoms. The van der Waals surface area contributed by atoms with E-state index in [9.17, 15) is 24.3 Å². The van der Waals surface area contributed by atoms with Crippen LogP contribution in [-0.4, -0.2) is 72.7 Å². The average Bonchev–Trinajstić information content (AvgIpc) is 3.66. The van der Waals surface area contributed by atoms with E-state index in [1.165, 1.54) is 0 Å². The molecule has 0 aliphatic carbocycles. The molecule has 0 radical (unpaired) electrons. The second-order valence-corrected chi connectivity index (χ2v) is 17.9. The van der Waals surface area contributed by atoms with Crippen LogP contribution in [0, 0.1) is 5.92 Å². The molecule has 6 rings (SSSR count).